The van der Waals surface area contributed by atoms with E-state index in [1.807, 2.05) is 18.2 Å². The van der Waals surface area contributed by atoms with Gasteiger partial charge in [-0.3, -0.25) is 0 Å². The van der Waals surface area contributed by atoms with E-state index in [2.05, 4.69) is 18.7 Å². The molecule has 13 heavy (non-hydrogen) atoms. The fraction of sp³-hybridized carbons (Fsp3) is 0.200. The minimum absolute atomic E-state index is 0. The zero-order chi connectivity index (χ0) is 8.81. The van der Waals surface area contributed by atoms with Crippen LogP contribution in [0.3, 0.4) is 0 Å². The second-order valence-corrected chi connectivity index (χ2v) is 3.70. The Labute approximate surface area is 87.1 Å². The van der Waals surface area contributed by atoms with E-state index < -0.39 is 0 Å². The maximum Gasteiger partial charge on any atom is 0.0599 e. The van der Waals surface area contributed by atoms with E-state index in [9.17, 15) is 0 Å². The Kier molecular flexibility index (Phi) is 6.89. The van der Waals surface area contributed by atoms with Crippen LogP contribution in [0, 0.1) is 0 Å². The van der Waals surface area contributed by atoms with E-state index in [-0.39, 0.29) is 12.4 Å². The average Bonchev–Trinajstić information content (AvgIpc) is 2.15. The number of aliphatic hydroxyl groups is 1. The highest BCUT2D eigenvalue weighted by atomic mass is 35.5. The molecule has 0 saturated heterocycles. The van der Waals surface area contributed by atoms with Crippen molar-refractivity contribution < 1.29 is 5.11 Å². The van der Waals surface area contributed by atoms with Crippen molar-refractivity contribution in [2.75, 3.05) is 6.35 Å². The second-order valence-electron chi connectivity index (χ2n) is 2.53. The van der Waals surface area contributed by atoms with Crippen molar-refractivity contribution in [1.29, 1.82) is 0 Å². The van der Waals surface area contributed by atoms with E-state index in [1.54, 1.807) is 0 Å². The maximum absolute atomic E-state index is 8.62. The Bertz CT molecular complexity index is 246. The zero-order valence-electron chi connectivity index (χ0n) is 7.36. The Morgan fingerprint density at radius 3 is 2.38 bits per heavy atom. The van der Waals surface area contributed by atoms with Gasteiger partial charge in [0.05, 0.1) is 6.35 Å². The van der Waals surface area contributed by atoms with Crippen LogP contribution in [-0.4, -0.2) is 11.5 Å². The number of rotatable bonds is 4. The quantitative estimate of drug-likeness (QED) is 0.768. The van der Waals surface area contributed by atoms with E-state index in [0.717, 1.165) is 11.7 Å². The molecule has 3 heteroatoms. The van der Waals surface area contributed by atoms with Crippen LogP contribution in [0.2, 0.25) is 0 Å². The van der Waals surface area contributed by atoms with Gasteiger partial charge in [-0.25, -0.2) is 0 Å². The summed E-state index contributed by atoms with van der Waals surface area (Å²) < 4.78 is 0. The third-order valence-corrected chi connectivity index (χ3v) is 2.54. The topological polar surface area (TPSA) is 20.2 Å². The molecule has 0 aromatic heterocycles. The summed E-state index contributed by atoms with van der Waals surface area (Å²) in [5.74, 6) is 0. The van der Waals surface area contributed by atoms with E-state index >= 15 is 0 Å². The van der Waals surface area contributed by atoms with Gasteiger partial charge in [-0.1, -0.05) is 45.5 Å². The van der Waals surface area contributed by atoms with Crippen LogP contribution in [0.4, 0.5) is 0 Å². The number of aliphatic hydroxyl groups excluding tert-OH is 1. The van der Waals surface area contributed by atoms with Crippen LogP contribution in [0.1, 0.15) is 11.1 Å². The molecule has 0 fully saturated rings. The Balaban J connectivity index is 0.00000144. The molecule has 0 radical (unpaired) electrons. The highest BCUT2D eigenvalue weighted by molar-refractivity contribution is 7.36. The Morgan fingerprint density at radius 2 is 1.92 bits per heavy atom. The van der Waals surface area contributed by atoms with Crippen molar-refractivity contribution >= 4 is 27.1 Å². The smallest absolute Gasteiger partial charge is 0.0599 e. The summed E-state index contributed by atoms with van der Waals surface area (Å²) in [5, 5.41) is 8.62. The van der Waals surface area contributed by atoms with Crippen LogP contribution < -0.4 is 0 Å². The molecule has 0 aliphatic carbocycles. The molecule has 0 amide bonds. The van der Waals surface area contributed by atoms with Gasteiger partial charge in [-0.2, -0.15) is 0 Å². The van der Waals surface area contributed by atoms with Gasteiger partial charge in [0.25, 0.3) is 0 Å². The summed E-state index contributed by atoms with van der Waals surface area (Å²) in [6.07, 6.45) is 3.11. The average molecular weight is 217 g/mol. The first-order valence-electron chi connectivity index (χ1n) is 3.90. The first kappa shape index (κ1) is 12.6. The van der Waals surface area contributed by atoms with Crippen molar-refractivity contribution in [1.82, 2.24) is 0 Å². The third-order valence-electron chi connectivity index (χ3n) is 1.66. The molecule has 72 valence electrons. The molecule has 1 rings (SSSR count). The summed E-state index contributed by atoms with van der Waals surface area (Å²) in [6.45, 7) is 3.68. The first-order valence-corrected chi connectivity index (χ1v) is 5.31. The number of halogens is 1. The van der Waals surface area contributed by atoms with Crippen LogP contribution >= 0.6 is 21.0 Å². The first-order chi connectivity index (χ1) is 5.86. The normalized spacial score (nSPS) is 9.92. The van der Waals surface area contributed by atoms with Crippen molar-refractivity contribution in [2.24, 2.45) is 0 Å². The van der Waals surface area contributed by atoms with E-state index in [4.69, 9.17) is 5.11 Å². The zero-order valence-corrected chi connectivity index (χ0v) is 9.18. The summed E-state index contributed by atoms with van der Waals surface area (Å²) in [4.78, 5) is 0. The third kappa shape index (κ3) is 4.42. The van der Waals surface area contributed by atoms with Gasteiger partial charge in [0.1, 0.15) is 0 Å². The van der Waals surface area contributed by atoms with Gasteiger partial charge in [-0.05, 0) is 17.3 Å². The van der Waals surface area contributed by atoms with Crippen molar-refractivity contribution in [3.8, 4) is 0 Å². The second kappa shape index (κ2) is 7.08. The summed E-state index contributed by atoms with van der Waals surface area (Å²) in [6, 6.07) is 8.26. The van der Waals surface area contributed by atoms with Crippen LogP contribution in [0.5, 0.6) is 0 Å². The van der Waals surface area contributed by atoms with Crippen LogP contribution in [0.15, 0.2) is 30.8 Å². The lowest BCUT2D eigenvalue weighted by Gasteiger charge is -1.99. The van der Waals surface area contributed by atoms with Crippen molar-refractivity contribution in [3.63, 3.8) is 0 Å². The predicted molar refractivity (Wildman–Crippen MR) is 62.9 cm³/mol. The number of hydrogen-bond donors (Lipinski definition) is 1. The van der Waals surface area contributed by atoms with Crippen molar-refractivity contribution in [3.05, 3.63) is 42.0 Å². The van der Waals surface area contributed by atoms with Gasteiger partial charge < -0.3 is 5.11 Å². The molecule has 1 atom stereocenters. The monoisotopic (exact) mass is 216 g/mol. The van der Waals surface area contributed by atoms with E-state index in [1.165, 1.54) is 5.56 Å². The number of benzene rings is 1. The molecule has 0 saturated carbocycles. The van der Waals surface area contributed by atoms with Crippen LogP contribution in [-0.2, 0) is 6.16 Å². The van der Waals surface area contributed by atoms with Gasteiger partial charge in [-0.15, -0.1) is 12.4 Å². The lowest BCUT2D eigenvalue weighted by atomic mass is 10.1. The summed E-state index contributed by atoms with van der Waals surface area (Å²) >= 11 is 0. The van der Waals surface area contributed by atoms with Gasteiger partial charge in [0, 0.05) is 0 Å². The molecule has 0 spiro atoms. The highest BCUT2D eigenvalue weighted by Gasteiger charge is 1.91. The van der Waals surface area contributed by atoms with Crippen molar-refractivity contribution in [2.45, 2.75) is 6.16 Å². The largest absolute Gasteiger partial charge is 0.392 e. The molecule has 1 nitrogen and oxygen atoms in total. The highest BCUT2D eigenvalue weighted by Crippen LogP contribution is 2.17. The molecular formula is C10H14ClOP. The van der Waals surface area contributed by atoms with Gasteiger partial charge in [0.15, 0.2) is 0 Å². The Morgan fingerprint density at radius 1 is 1.31 bits per heavy atom. The molecule has 0 heterocycles. The lowest BCUT2D eigenvalue weighted by molar-refractivity contribution is 0.372. The summed E-state index contributed by atoms with van der Waals surface area (Å²) in [7, 11) is 0.619. The molecule has 0 aliphatic heterocycles. The fourth-order valence-electron chi connectivity index (χ4n) is 0.972. The minimum atomic E-state index is 0. The summed E-state index contributed by atoms with van der Waals surface area (Å²) in [5.41, 5.74) is 2.43. The lowest BCUT2D eigenvalue weighted by Crippen LogP contribution is -1.80. The maximum atomic E-state index is 8.62. The molecule has 0 aliphatic rings. The molecule has 1 aromatic carbocycles. The Hall–Kier alpha value is -0.360. The fourth-order valence-corrected chi connectivity index (χ4v) is 1.61. The molecular weight excluding hydrogens is 203 g/mol. The molecule has 1 aromatic rings. The van der Waals surface area contributed by atoms with Gasteiger partial charge in [0.2, 0.25) is 0 Å². The van der Waals surface area contributed by atoms with E-state index in [0.29, 0.717) is 14.9 Å². The van der Waals surface area contributed by atoms with Crippen LogP contribution in [0.25, 0.3) is 6.08 Å². The molecule has 0 bridgehead atoms. The van der Waals surface area contributed by atoms with Gasteiger partial charge >= 0.3 is 0 Å². The molecule has 1 unspecified atom stereocenters. The predicted octanol–water partition coefficient (Wildman–Crippen LogP) is 2.88. The SMILES string of the molecule is C=Cc1ccc(CPCO)cc1.Cl. The minimum Gasteiger partial charge on any atom is -0.392 e. The molecule has 1 N–H and O–H groups in total. The number of hydrogen-bond acceptors (Lipinski definition) is 1. The standard InChI is InChI=1S/C10H13OP.ClH/c1-2-9-3-5-10(6-4-9)7-12-8-11;/h2-6,11-12H,1,7-8H2;1H.